The van der Waals surface area contributed by atoms with Crippen molar-refractivity contribution in [2.45, 2.75) is 0 Å². The molecular formula is C4H8N2S2. The van der Waals surface area contributed by atoms with Crippen LogP contribution in [-0.2, 0) is 0 Å². The summed E-state index contributed by atoms with van der Waals surface area (Å²) in [4.78, 5) is 0. The minimum Gasteiger partial charge on any atom is -0.380 e. The lowest BCUT2D eigenvalue weighted by Crippen LogP contribution is -2.24. The second kappa shape index (κ2) is 6.78. The van der Waals surface area contributed by atoms with Crippen LogP contribution < -0.4 is 10.6 Å². The van der Waals surface area contributed by atoms with Gasteiger partial charge in [0, 0.05) is 13.1 Å². The van der Waals surface area contributed by atoms with Gasteiger partial charge in [0.25, 0.3) is 0 Å². The fraction of sp³-hybridized carbons (Fsp3) is 0.500. The predicted octanol–water partition coefficient (Wildman–Crippen LogP) is 0.0800. The molecule has 0 bridgehead atoms. The molecule has 0 aliphatic rings. The Labute approximate surface area is 59.7 Å². The SMILES string of the molecule is S=CNCCNC=S. The summed E-state index contributed by atoms with van der Waals surface area (Å²) in [6.45, 7) is 1.66. The molecule has 0 radical (unpaired) electrons. The number of thiocarbonyl (C=S) groups is 2. The molecule has 0 aromatic heterocycles. The van der Waals surface area contributed by atoms with Crippen LogP contribution in [-0.4, -0.2) is 24.1 Å². The standard InChI is InChI=1S/C4H8N2S2/c7-3-5-1-2-6-4-8/h3-4H,1-2H2,(H,5,7)(H,6,8). The quantitative estimate of drug-likeness (QED) is 0.426. The van der Waals surface area contributed by atoms with E-state index in [1.54, 1.807) is 0 Å². The third-order valence-electron chi connectivity index (χ3n) is 0.580. The van der Waals surface area contributed by atoms with Gasteiger partial charge in [-0.3, -0.25) is 0 Å². The van der Waals surface area contributed by atoms with Gasteiger partial charge in [0.2, 0.25) is 0 Å². The predicted molar refractivity (Wildman–Crippen MR) is 43.3 cm³/mol. The summed E-state index contributed by atoms with van der Waals surface area (Å²) in [5.41, 5.74) is 2.98. The molecule has 0 fully saturated rings. The molecule has 8 heavy (non-hydrogen) atoms. The Morgan fingerprint density at radius 2 is 1.38 bits per heavy atom. The van der Waals surface area contributed by atoms with E-state index < -0.39 is 0 Å². The van der Waals surface area contributed by atoms with Gasteiger partial charge in [0.15, 0.2) is 0 Å². The van der Waals surface area contributed by atoms with Crippen LogP contribution in [0.3, 0.4) is 0 Å². The monoisotopic (exact) mass is 148 g/mol. The zero-order valence-electron chi connectivity index (χ0n) is 4.39. The van der Waals surface area contributed by atoms with Crippen LogP contribution in [0.25, 0.3) is 0 Å². The molecule has 0 atom stereocenters. The summed E-state index contributed by atoms with van der Waals surface area (Å²) >= 11 is 9.00. The Morgan fingerprint density at radius 3 is 1.62 bits per heavy atom. The van der Waals surface area contributed by atoms with Crippen molar-refractivity contribution in [2.75, 3.05) is 13.1 Å². The average Bonchev–Trinajstić information content (AvgIpc) is 1.81. The molecule has 46 valence electrons. The Balaban J connectivity index is 2.71. The second-order valence-electron chi connectivity index (χ2n) is 1.14. The van der Waals surface area contributed by atoms with Crippen LogP contribution in [0.5, 0.6) is 0 Å². The van der Waals surface area contributed by atoms with Gasteiger partial charge in [0.05, 0.1) is 11.0 Å². The van der Waals surface area contributed by atoms with E-state index in [4.69, 9.17) is 0 Å². The van der Waals surface area contributed by atoms with E-state index in [-0.39, 0.29) is 0 Å². The normalized spacial score (nSPS) is 7.50. The highest BCUT2D eigenvalue weighted by atomic mass is 32.1. The van der Waals surface area contributed by atoms with E-state index in [1.165, 1.54) is 11.0 Å². The second-order valence-corrected chi connectivity index (χ2v) is 1.62. The van der Waals surface area contributed by atoms with Crippen molar-refractivity contribution in [2.24, 2.45) is 0 Å². The lowest BCUT2D eigenvalue weighted by Gasteiger charge is -1.96. The Hall–Kier alpha value is -0.220. The molecule has 0 unspecified atom stereocenters. The van der Waals surface area contributed by atoms with E-state index >= 15 is 0 Å². The topological polar surface area (TPSA) is 24.1 Å². The summed E-state index contributed by atoms with van der Waals surface area (Å²) in [5.74, 6) is 0. The first-order valence-corrected chi connectivity index (χ1v) is 3.20. The van der Waals surface area contributed by atoms with Crippen molar-refractivity contribution in [3.05, 3.63) is 0 Å². The van der Waals surface area contributed by atoms with Crippen molar-refractivity contribution in [1.29, 1.82) is 0 Å². The first kappa shape index (κ1) is 7.78. The summed E-state index contributed by atoms with van der Waals surface area (Å²) in [6, 6.07) is 0. The molecule has 0 heterocycles. The average molecular weight is 148 g/mol. The molecule has 0 aliphatic carbocycles. The third-order valence-corrected chi connectivity index (χ3v) is 0.914. The van der Waals surface area contributed by atoms with Crippen LogP contribution in [0.4, 0.5) is 0 Å². The van der Waals surface area contributed by atoms with Gasteiger partial charge in [-0.05, 0) is 0 Å². The van der Waals surface area contributed by atoms with E-state index in [0.717, 1.165) is 13.1 Å². The van der Waals surface area contributed by atoms with Crippen molar-refractivity contribution >= 4 is 35.4 Å². The molecule has 0 amide bonds. The molecule has 0 saturated heterocycles. The minimum absolute atomic E-state index is 0.830. The highest BCUT2D eigenvalue weighted by Gasteiger charge is 1.75. The highest BCUT2D eigenvalue weighted by Crippen LogP contribution is 1.52. The number of nitrogens with one attached hydrogen (secondary N) is 2. The lowest BCUT2D eigenvalue weighted by atomic mass is 10.6. The maximum absolute atomic E-state index is 4.50. The summed E-state index contributed by atoms with van der Waals surface area (Å²) in [5, 5.41) is 5.69. The fourth-order valence-electron chi connectivity index (χ4n) is 0.262. The van der Waals surface area contributed by atoms with Crippen molar-refractivity contribution in [1.82, 2.24) is 10.6 Å². The lowest BCUT2D eigenvalue weighted by molar-refractivity contribution is 0.838. The van der Waals surface area contributed by atoms with Crippen LogP contribution in [0, 0.1) is 0 Å². The van der Waals surface area contributed by atoms with E-state index in [9.17, 15) is 0 Å². The van der Waals surface area contributed by atoms with Crippen LogP contribution in [0.15, 0.2) is 0 Å². The van der Waals surface area contributed by atoms with Crippen LogP contribution in [0.2, 0.25) is 0 Å². The van der Waals surface area contributed by atoms with Gasteiger partial charge in [-0.1, -0.05) is 24.4 Å². The summed E-state index contributed by atoms with van der Waals surface area (Å²) in [7, 11) is 0. The van der Waals surface area contributed by atoms with Crippen molar-refractivity contribution in [3.63, 3.8) is 0 Å². The third kappa shape index (κ3) is 5.78. The minimum atomic E-state index is 0.830. The first-order chi connectivity index (χ1) is 3.91. The fourth-order valence-corrected chi connectivity index (χ4v) is 0.498. The zero-order valence-corrected chi connectivity index (χ0v) is 6.02. The summed E-state index contributed by atoms with van der Waals surface area (Å²) in [6.07, 6.45) is 0. The van der Waals surface area contributed by atoms with Gasteiger partial charge >= 0.3 is 0 Å². The van der Waals surface area contributed by atoms with E-state index in [0.29, 0.717) is 0 Å². The van der Waals surface area contributed by atoms with E-state index in [2.05, 4.69) is 35.1 Å². The molecule has 0 aliphatic heterocycles. The van der Waals surface area contributed by atoms with Crippen LogP contribution in [0.1, 0.15) is 0 Å². The van der Waals surface area contributed by atoms with Gasteiger partial charge in [-0.25, -0.2) is 0 Å². The smallest absolute Gasteiger partial charge is 0.0615 e. The van der Waals surface area contributed by atoms with Gasteiger partial charge in [0.1, 0.15) is 0 Å². The Bertz CT molecular complexity index is 64.4. The van der Waals surface area contributed by atoms with Gasteiger partial charge in [-0.15, -0.1) is 0 Å². The highest BCUT2D eigenvalue weighted by molar-refractivity contribution is 7.79. The molecule has 0 aromatic rings. The number of hydrogen-bond acceptors (Lipinski definition) is 2. The molecule has 0 saturated carbocycles. The largest absolute Gasteiger partial charge is 0.380 e. The zero-order chi connectivity index (χ0) is 6.24. The molecule has 0 spiro atoms. The van der Waals surface area contributed by atoms with Crippen LogP contribution >= 0.6 is 24.4 Å². The Morgan fingerprint density at radius 1 is 1.00 bits per heavy atom. The van der Waals surface area contributed by atoms with Crippen molar-refractivity contribution in [3.8, 4) is 0 Å². The molecule has 2 nitrogen and oxygen atoms in total. The van der Waals surface area contributed by atoms with Gasteiger partial charge < -0.3 is 10.6 Å². The molecule has 4 heteroatoms. The molecule has 0 aromatic carbocycles. The number of hydrogen-bond donors (Lipinski definition) is 2. The van der Waals surface area contributed by atoms with Gasteiger partial charge in [-0.2, -0.15) is 0 Å². The number of rotatable bonds is 5. The van der Waals surface area contributed by atoms with Crippen molar-refractivity contribution < 1.29 is 0 Å². The molecular weight excluding hydrogens is 140 g/mol. The first-order valence-electron chi connectivity index (χ1n) is 2.26. The maximum Gasteiger partial charge on any atom is 0.0615 e. The molecule has 2 N–H and O–H groups in total. The molecule has 0 rings (SSSR count). The maximum atomic E-state index is 4.50. The summed E-state index contributed by atoms with van der Waals surface area (Å²) < 4.78 is 0. The van der Waals surface area contributed by atoms with E-state index in [1.807, 2.05) is 0 Å². The Kier molecular flexibility index (Phi) is 6.59.